The summed E-state index contributed by atoms with van der Waals surface area (Å²) in [6.45, 7) is 11.2. The average molecular weight is 335 g/mol. The molecule has 0 aliphatic carbocycles. The van der Waals surface area contributed by atoms with Crippen molar-refractivity contribution in [2.24, 2.45) is 0 Å². The van der Waals surface area contributed by atoms with E-state index in [4.69, 9.17) is 4.74 Å². The standard InChI is InChI=1S/C17H25N3O2S/c1-7-13-18-12(5)14-11(4)15(23-16(14)19-13)17(21)20(8-2)10(3)9-22-6/h10H,7-9H2,1-6H3/t10-/m0/s1. The molecule has 0 aromatic carbocycles. The number of aryl methyl sites for hydroxylation is 3. The topological polar surface area (TPSA) is 55.3 Å². The van der Waals surface area contributed by atoms with E-state index >= 15 is 0 Å². The summed E-state index contributed by atoms with van der Waals surface area (Å²) < 4.78 is 5.20. The van der Waals surface area contributed by atoms with E-state index in [0.717, 1.165) is 38.6 Å². The Morgan fingerprint density at radius 3 is 2.57 bits per heavy atom. The second-order valence-electron chi connectivity index (χ2n) is 5.71. The highest BCUT2D eigenvalue weighted by atomic mass is 32.1. The zero-order valence-electron chi connectivity index (χ0n) is 14.8. The molecule has 0 saturated carbocycles. The van der Waals surface area contributed by atoms with Crippen LogP contribution in [-0.4, -0.2) is 47.1 Å². The van der Waals surface area contributed by atoms with Crippen molar-refractivity contribution in [3.8, 4) is 0 Å². The van der Waals surface area contributed by atoms with E-state index in [2.05, 4.69) is 9.97 Å². The van der Waals surface area contributed by atoms with Crippen LogP contribution in [0.1, 0.15) is 47.5 Å². The number of ether oxygens (including phenoxy) is 1. The highest BCUT2D eigenvalue weighted by molar-refractivity contribution is 7.20. The first-order chi connectivity index (χ1) is 10.9. The van der Waals surface area contributed by atoms with Crippen LogP contribution >= 0.6 is 11.3 Å². The second kappa shape index (κ2) is 7.36. The van der Waals surface area contributed by atoms with Gasteiger partial charge in [0, 0.05) is 31.2 Å². The van der Waals surface area contributed by atoms with Crippen LogP contribution in [0.25, 0.3) is 10.2 Å². The van der Waals surface area contributed by atoms with Crippen molar-refractivity contribution in [1.29, 1.82) is 0 Å². The van der Waals surface area contributed by atoms with Crippen LogP contribution in [0.2, 0.25) is 0 Å². The molecule has 2 heterocycles. The minimum absolute atomic E-state index is 0.0421. The third-order valence-electron chi connectivity index (χ3n) is 4.07. The Morgan fingerprint density at radius 1 is 1.30 bits per heavy atom. The van der Waals surface area contributed by atoms with E-state index < -0.39 is 0 Å². The summed E-state index contributed by atoms with van der Waals surface area (Å²) in [4.78, 5) is 25.6. The molecule has 23 heavy (non-hydrogen) atoms. The van der Waals surface area contributed by atoms with Gasteiger partial charge in [-0.05, 0) is 33.3 Å². The molecule has 1 atom stereocenters. The number of carbonyl (C=O) groups is 1. The zero-order chi connectivity index (χ0) is 17.1. The molecule has 2 rings (SSSR count). The Labute approximate surface area is 141 Å². The van der Waals surface area contributed by atoms with Crippen molar-refractivity contribution in [2.75, 3.05) is 20.3 Å². The first-order valence-electron chi connectivity index (χ1n) is 8.01. The van der Waals surface area contributed by atoms with Crippen molar-refractivity contribution in [3.63, 3.8) is 0 Å². The largest absolute Gasteiger partial charge is 0.383 e. The zero-order valence-corrected chi connectivity index (χ0v) is 15.6. The number of aromatic nitrogens is 2. The van der Waals surface area contributed by atoms with Crippen LogP contribution in [-0.2, 0) is 11.2 Å². The van der Waals surface area contributed by atoms with Crippen molar-refractivity contribution in [3.05, 3.63) is 22.0 Å². The summed E-state index contributed by atoms with van der Waals surface area (Å²) in [5.74, 6) is 0.880. The number of likely N-dealkylation sites (N-methyl/N-ethyl adjacent to an activating group) is 1. The summed E-state index contributed by atoms with van der Waals surface area (Å²) >= 11 is 1.47. The van der Waals surface area contributed by atoms with E-state index in [1.165, 1.54) is 11.3 Å². The van der Waals surface area contributed by atoms with E-state index in [0.29, 0.717) is 13.2 Å². The van der Waals surface area contributed by atoms with Crippen molar-refractivity contribution < 1.29 is 9.53 Å². The average Bonchev–Trinajstić information content (AvgIpc) is 2.85. The lowest BCUT2D eigenvalue weighted by Gasteiger charge is -2.27. The molecule has 5 nitrogen and oxygen atoms in total. The maximum Gasteiger partial charge on any atom is 0.264 e. The molecule has 0 spiro atoms. The number of fused-ring (bicyclic) bond motifs is 1. The maximum atomic E-state index is 13.0. The van der Waals surface area contributed by atoms with Gasteiger partial charge in [0.25, 0.3) is 5.91 Å². The Balaban J connectivity index is 2.48. The molecule has 0 radical (unpaired) electrons. The number of hydrogen-bond donors (Lipinski definition) is 0. The smallest absolute Gasteiger partial charge is 0.264 e. The molecule has 0 N–H and O–H groups in total. The van der Waals surface area contributed by atoms with Gasteiger partial charge in [-0.2, -0.15) is 0 Å². The monoisotopic (exact) mass is 335 g/mol. The van der Waals surface area contributed by atoms with Gasteiger partial charge in [-0.3, -0.25) is 4.79 Å². The first kappa shape index (κ1) is 17.8. The summed E-state index contributed by atoms with van der Waals surface area (Å²) in [6.07, 6.45) is 0.795. The van der Waals surface area contributed by atoms with Crippen molar-refractivity contribution >= 4 is 27.5 Å². The first-order valence-corrected chi connectivity index (χ1v) is 8.82. The van der Waals surface area contributed by atoms with Gasteiger partial charge < -0.3 is 9.64 Å². The Bertz CT molecular complexity index is 711. The predicted octanol–water partition coefficient (Wildman–Crippen LogP) is 3.37. The van der Waals surface area contributed by atoms with Crippen LogP contribution in [0.15, 0.2) is 0 Å². The lowest BCUT2D eigenvalue weighted by atomic mass is 10.1. The third kappa shape index (κ3) is 3.38. The number of nitrogens with zero attached hydrogens (tertiary/aromatic N) is 3. The fourth-order valence-electron chi connectivity index (χ4n) is 2.87. The Morgan fingerprint density at radius 2 is 2.00 bits per heavy atom. The maximum absolute atomic E-state index is 13.0. The molecule has 0 bridgehead atoms. The van der Waals surface area contributed by atoms with E-state index in [1.807, 2.05) is 39.5 Å². The Hall–Kier alpha value is -1.53. The van der Waals surface area contributed by atoms with Crippen molar-refractivity contribution in [2.45, 2.75) is 47.1 Å². The minimum Gasteiger partial charge on any atom is -0.383 e. The summed E-state index contributed by atoms with van der Waals surface area (Å²) in [6, 6.07) is 0.0421. The number of amides is 1. The van der Waals surface area contributed by atoms with Crippen LogP contribution in [0.5, 0.6) is 0 Å². The highest BCUT2D eigenvalue weighted by Gasteiger charge is 2.25. The van der Waals surface area contributed by atoms with Gasteiger partial charge in [0.1, 0.15) is 10.7 Å². The normalized spacial score (nSPS) is 12.6. The molecule has 0 aliphatic rings. The number of thiophene rings is 1. The molecule has 126 valence electrons. The van der Waals surface area contributed by atoms with Crippen molar-refractivity contribution in [1.82, 2.24) is 14.9 Å². The molecular weight excluding hydrogens is 310 g/mol. The van der Waals surface area contributed by atoms with Gasteiger partial charge >= 0.3 is 0 Å². The lowest BCUT2D eigenvalue weighted by Crippen LogP contribution is -2.40. The molecule has 0 aliphatic heterocycles. The molecule has 6 heteroatoms. The summed E-state index contributed by atoms with van der Waals surface area (Å²) in [5, 5.41) is 1.02. The number of carbonyl (C=O) groups excluding carboxylic acids is 1. The third-order valence-corrected chi connectivity index (χ3v) is 5.24. The van der Waals surface area contributed by atoms with E-state index in [1.54, 1.807) is 7.11 Å². The molecule has 0 saturated heterocycles. The molecule has 0 unspecified atom stereocenters. The fourth-order valence-corrected chi connectivity index (χ4v) is 4.08. The van der Waals surface area contributed by atoms with Crippen LogP contribution in [0, 0.1) is 13.8 Å². The Kier molecular flexibility index (Phi) is 5.70. The summed E-state index contributed by atoms with van der Waals surface area (Å²) in [7, 11) is 1.66. The fraction of sp³-hybridized carbons (Fsp3) is 0.588. The van der Waals surface area contributed by atoms with Crippen LogP contribution < -0.4 is 0 Å². The van der Waals surface area contributed by atoms with E-state index in [-0.39, 0.29) is 11.9 Å². The van der Waals surface area contributed by atoms with Gasteiger partial charge in [0.05, 0.1) is 17.5 Å². The molecule has 0 fully saturated rings. The van der Waals surface area contributed by atoms with E-state index in [9.17, 15) is 4.79 Å². The predicted molar refractivity (Wildman–Crippen MR) is 94.3 cm³/mol. The lowest BCUT2D eigenvalue weighted by molar-refractivity contribution is 0.0583. The summed E-state index contributed by atoms with van der Waals surface area (Å²) in [5.41, 5.74) is 1.94. The number of hydrogen-bond acceptors (Lipinski definition) is 5. The van der Waals surface area contributed by atoms with Gasteiger partial charge in [0.2, 0.25) is 0 Å². The second-order valence-corrected chi connectivity index (χ2v) is 6.71. The molecule has 2 aromatic rings. The van der Waals surface area contributed by atoms with Gasteiger partial charge in [0.15, 0.2) is 0 Å². The highest BCUT2D eigenvalue weighted by Crippen LogP contribution is 2.32. The van der Waals surface area contributed by atoms with Crippen LogP contribution in [0.4, 0.5) is 0 Å². The number of rotatable bonds is 6. The quantitative estimate of drug-likeness (QED) is 0.812. The molecule has 2 aromatic heterocycles. The SMILES string of the molecule is CCc1nc(C)c2c(C)c(C(=O)N(CC)[C@@H](C)COC)sc2n1. The number of methoxy groups -OCH3 is 1. The van der Waals surface area contributed by atoms with Gasteiger partial charge in [-0.1, -0.05) is 6.92 Å². The minimum atomic E-state index is 0.0421. The molecular formula is C17H25N3O2S. The molecule has 1 amide bonds. The van der Waals surface area contributed by atoms with Crippen LogP contribution in [0.3, 0.4) is 0 Å². The van der Waals surface area contributed by atoms with Gasteiger partial charge in [-0.25, -0.2) is 9.97 Å². The van der Waals surface area contributed by atoms with Gasteiger partial charge in [-0.15, -0.1) is 11.3 Å².